The van der Waals surface area contributed by atoms with Crippen LogP contribution in [0.2, 0.25) is 0 Å². The number of benzene rings is 1. The van der Waals surface area contributed by atoms with E-state index in [9.17, 15) is 4.79 Å². The summed E-state index contributed by atoms with van der Waals surface area (Å²) in [4.78, 5) is 11.0. The fourth-order valence-corrected chi connectivity index (χ4v) is 2.98. The monoisotopic (exact) mass is 344 g/mol. The molecule has 0 N–H and O–H groups in total. The second-order valence-corrected chi connectivity index (χ2v) is 6.87. The second kappa shape index (κ2) is 14.7. The molecule has 0 amide bonds. The van der Waals surface area contributed by atoms with Crippen LogP contribution >= 0.6 is 0 Å². The van der Waals surface area contributed by atoms with Crippen molar-refractivity contribution in [2.75, 3.05) is 0 Å². The van der Waals surface area contributed by atoms with Crippen LogP contribution in [0.4, 0.5) is 0 Å². The van der Waals surface area contributed by atoms with E-state index in [4.69, 9.17) is 4.74 Å². The number of hydrogen-bond donors (Lipinski definition) is 0. The van der Waals surface area contributed by atoms with Crippen LogP contribution in [0.15, 0.2) is 36.4 Å². The average molecular weight is 345 g/mol. The molecule has 0 heterocycles. The molecule has 0 aliphatic heterocycles. The van der Waals surface area contributed by atoms with Gasteiger partial charge in [-0.1, -0.05) is 69.7 Å². The normalized spacial score (nSPS) is 11.1. The Labute approximate surface area is 154 Å². The van der Waals surface area contributed by atoms with Crippen molar-refractivity contribution >= 4 is 5.97 Å². The molecule has 0 aliphatic rings. The Bertz CT molecular complexity index is 491. The Morgan fingerprint density at radius 3 is 2.24 bits per heavy atom. The Morgan fingerprint density at radius 2 is 1.56 bits per heavy atom. The number of carbonyl (C=O) groups excluding carboxylic acids is 1. The third kappa shape index (κ3) is 12.4. The highest BCUT2D eigenvalue weighted by molar-refractivity contribution is 5.69. The van der Waals surface area contributed by atoms with Crippen LogP contribution in [-0.2, 0) is 11.2 Å². The van der Waals surface area contributed by atoms with E-state index >= 15 is 0 Å². The summed E-state index contributed by atoms with van der Waals surface area (Å²) in [5.41, 5.74) is 1.25. The van der Waals surface area contributed by atoms with Crippen LogP contribution in [0.3, 0.4) is 0 Å². The molecule has 25 heavy (non-hydrogen) atoms. The van der Waals surface area contributed by atoms with E-state index < -0.39 is 0 Å². The number of carbonyl (C=O) groups is 1. The lowest BCUT2D eigenvalue weighted by Gasteiger charge is -2.05. The van der Waals surface area contributed by atoms with Gasteiger partial charge in [0.05, 0.1) is 0 Å². The smallest absolute Gasteiger partial charge is 0.308 e. The van der Waals surface area contributed by atoms with Gasteiger partial charge in [-0.25, -0.2) is 0 Å². The van der Waals surface area contributed by atoms with Gasteiger partial charge in [-0.3, -0.25) is 4.79 Å². The Morgan fingerprint density at radius 1 is 0.920 bits per heavy atom. The van der Waals surface area contributed by atoms with Gasteiger partial charge in [-0.05, 0) is 56.2 Å². The second-order valence-electron chi connectivity index (χ2n) is 6.87. The van der Waals surface area contributed by atoms with Crippen LogP contribution < -0.4 is 4.74 Å². The SMILES string of the molecule is CCCCCC/C=C\CCCCCCCc1cccc(OC(C)=O)c1. The molecule has 0 aliphatic carbocycles. The highest BCUT2D eigenvalue weighted by Gasteiger charge is 2.00. The number of rotatable bonds is 14. The summed E-state index contributed by atoms with van der Waals surface area (Å²) in [6.07, 6.45) is 20.1. The van der Waals surface area contributed by atoms with Crippen LogP contribution in [0.25, 0.3) is 0 Å². The molecular weight excluding hydrogens is 308 g/mol. The Hall–Kier alpha value is -1.57. The van der Waals surface area contributed by atoms with Crippen LogP contribution in [0.5, 0.6) is 5.75 Å². The largest absolute Gasteiger partial charge is 0.427 e. The molecule has 0 unspecified atom stereocenters. The van der Waals surface area contributed by atoms with Gasteiger partial charge in [-0.2, -0.15) is 0 Å². The molecule has 2 heteroatoms. The van der Waals surface area contributed by atoms with Crippen molar-refractivity contribution in [3.63, 3.8) is 0 Å². The van der Waals surface area contributed by atoms with E-state index in [-0.39, 0.29) is 5.97 Å². The fraction of sp³-hybridized carbons (Fsp3) is 0.609. The van der Waals surface area contributed by atoms with E-state index in [1.54, 1.807) is 0 Å². The third-order valence-corrected chi connectivity index (χ3v) is 4.39. The van der Waals surface area contributed by atoms with Crippen LogP contribution in [-0.4, -0.2) is 5.97 Å². The van der Waals surface area contributed by atoms with Gasteiger partial charge in [0.15, 0.2) is 0 Å². The van der Waals surface area contributed by atoms with Crippen molar-refractivity contribution in [2.24, 2.45) is 0 Å². The lowest BCUT2D eigenvalue weighted by Crippen LogP contribution is -2.01. The summed E-state index contributed by atoms with van der Waals surface area (Å²) < 4.78 is 5.13. The topological polar surface area (TPSA) is 26.3 Å². The molecule has 1 rings (SSSR count). The van der Waals surface area contributed by atoms with Crippen molar-refractivity contribution < 1.29 is 9.53 Å². The van der Waals surface area contributed by atoms with E-state index in [1.807, 2.05) is 18.2 Å². The number of unbranched alkanes of at least 4 members (excludes halogenated alkanes) is 9. The molecule has 1 aromatic rings. The molecule has 0 saturated carbocycles. The molecule has 0 fully saturated rings. The average Bonchev–Trinajstić information content (AvgIpc) is 2.59. The van der Waals surface area contributed by atoms with Crippen LogP contribution in [0, 0.1) is 0 Å². The van der Waals surface area contributed by atoms with E-state index in [0.29, 0.717) is 5.75 Å². The molecule has 0 saturated heterocycles. The van der Waals surface area contributed by atoms with E-state index in [1.165, 1.54) is 83.1 Å². The first-order valence-corrected chi connectivity index (χ1v) is 10.1. The molecule has 1 aromatic carbocycles. The molecule has 0 radical (unpaired) electrons. The van der Waals surface area contributed by atoms with E-state index in [2.05, 4.69) is 25.1 Å². The summed E-state index contributed by atoms with van der Waals surface area (Å²) in [5.74, 6) is 0.402. The zero-order valence-electron chi connectivity index (χ0n) is 16.3. The lowest BCUT2D eigenvalue weighted by molar-refractivity contribution is -0.131. The van der Waals surface area contributed by atoms with Gasteiger partial charge in [0.1, 0.15) is 5.75 Å². The fourth-order valence-electron chi connectivity index (χ4n) is 2.98. The van der Waals surface area contributed by atoms with Gasteiger partial charge < -0.3 is 4.74 Å². The summed E-state index contributed by atoms with van der Waals surface area (Å²) >= 11 is 0. The van der Waals surface area contributed by atoms with Gasteiger partial charge >= 0.3 is 5.97 Å². The number of ether oxygens (including phenoxy) is 1. The molecule has 0 spiro atoms. The molecule has 0 atom stereocenters. The maximum atomic E-state index is 11.0. The highest BCUT2D eigenvalue weighted by atomic mass is 16.5. The van der Waals surface area contributed by atoms with Crippen molar-refractivity contribution in [3.8, 4) is 5.75 Å². The molecule has 0 aromatic heterocycles. The first-order valence-electron chi connectivity index (χ1n) is 10.1. The van der Waals surface area contributed by atoms with E-state index in [0.717, 1.165) is 6.42 Å². The maximum Gasteiger partial charge on any atom is 0.308 e. The predicted molar refractivity (Wildman–Crippen MR) is 107 cm³/mol. The number of hydrogen-bond acceptors (Lipinski definition) is 2. The number of allylic oxidation sites excluding steroid dienone is 2. The maximum absolute atomic E-state index is 11.0. The number of aryl methyl sites for hydroxylation is 1. The van der Waals surface area contributed by atoms with Gasteiger partial charge in [0, 0.05) is 6.92 Å². The summed E-state index contributed by atoms with van der Waals surface area (Å²) in [7, 11) is 0. The van der Waals surface area contributed by atoms with Crippen molar-refractivity contribution in [3.05, 3.63) is 42.0 Å². The molecule has 140 valence electrons. The van der Waals surface area contributed by atoms with Crippen molar-refractivity contribution in [1.82, 2.24) is 0 Å². The number of esters is 1. The first kappa shape index (κ1) is 21.5. The Balaban J connectivity index is 1.98. The van der Waals surface area contributed by atoms with Crippen molar-refractivity contribution in [2.45, 2.75) is 90.9 Å². The first-order chi connectivity index (χ1) is 12.2. The molecule has 2 nitrogen and oxygen atoms in total. The quantitative estimate of drug-likeness (QED) is 0.157. The van der Waals surface area contributed by atoms with Gasteiger partial charge in [0.2, 0.25) is 0 Å². The van der Waals surface area contributed by atoms with Crippen LogP contribution in [0.1, 0.15) is 90.0 Å². The lowest BCUT2D eigenvalue weighted by atomic mass is 10.0. The minimum atomic E-state index is -0.257. The molecular formula is C23H36O2. The van der Waals surface area contributed by atoms with Crippen molar-refractivity contribution in [1.29, 1.82) is 0 Å². The summed E-state index contributed by atoms with van der Waals surface area (Å²) in [6, 6.07) is 7.88. The summed E-state index contributed by atoms with van der Waals surface area (Å²) in [5, 5.41) is 0. The standard InChI is InChI=1S/C23H36O2/c1-3-4-5-6-7-8-9-10-11-12-13-14-15-17-22-18-16-19-23(20-22)25-21(2)24/h8-9,16,18-20H,3-7,10-15,17H2,1-2H3/b9-8-. The van der Waals surface area contributed by atoms with Gasteiger partial charge in [0.25, 0.3) is 0 Å². The highest BCUT2D eigenvalue weighted by Crippen LogP contribution is 2.16. The van der Waals surface area contributed by atoms with Gasteiger partial charge in [-0.15, -0.1) is 0 Å². The minimum Gasteiger partial charge on any atom is -0.427 e. The molecule has 0 bridgehead atoms. The minimum absolute atomic E-state index is 0.257. The summed E-state index contributed by atoms with van der Waals surface area (Å²) in [6.45, 7) is 3.70. The zero-order valence-corrected chi connectivity index (χ0v) is 16.3. The third-order valence-electron chi connectivity index (χ3n) is 4.39. The predicted octanol–water partition coefficient (Wildman–Crippen LogP) is 7.02. The Kier molecular flexibility index (Phi) is 12.7. The zero-order chi connectivity index (χ0) is 18.2.